The minimum atomic E-state index is -4.58. The molecular weight excluding hydrogens is 339 g/mol. The second kappa shape index (κ2) is 5.48. The van der Waals surface area contributed by atoms with E-state index in [1.807, 2.05) is 6.92 Å². The molecule has 112 valence electrons. The molecule has 8 heteroatoms. The van der Waals surface area contributed by atoms with Gasteiger partial charge in [0.25, 0.3) is 0 Å². The van der Waals surface area contributed by atoms with Crippen LogP contribution in [0.1, 0.15) is 30.3 Å². The largest absolute Gasteiger partial charge is 0.403 e. The van der Waals surface area contributed by atoms with Crippen molar-refractivity contribution in [2.45, 2.75) is 32.5 Å². The van der Waals surface area contributed by atoms with E-state index in [2.05, 4.69) is 26.3 Å². The summed E-state index contributed by atoms with van der Waals surface area (Å²) >= 11 is 3.13. The van der Waals surface area contributed by atoms with Crippen LogP contribution in [-0.2, 0) is 6.54 Å². The molecule has 0 saturated carbocycles. The third-order valence-electron chi connectivity index (χ3n) is 3.58. The number of Topliss-reactive ketones (excluding diaryl/α,β-unsaturated/α-hetero) is 1. The summed E-state index contributed by atoms with van der Waals surface area (Å²) < 4.78 is 41.9. The molecule has 1 N–H and O–H groups in total. The molecule has 0 amide bonds. The standard InChI is InChI=1S/C12H15BrF3N3O/c1-2-5-19-9(8(13)6-18-19)10(20)11(12(14,15)16)3-4-17-7-11/h6,17H,2-5,7H2,1H3. The van der Waals surface area contributed by atoms with E-state index in [1.54, 1.807) is 0 Å². The molecule has 0 aromatic carbocycles. The quantitative estimate of drug-likeness (QED) is 0.846. The first kappa shape index (κ1) is 15.5. The van der Waals surface area contributed by atoms with E-state index in [9.17, 15) is 18.0 Å². The third-order valence-corrected chi connectivity index (χ3v) is 4.16. The molecular formula is C12H15BrF3N3O. The van der Waals surface area contributed by atoms with Gasteiger partial charge in [-0.2, -0.15) is 18.3 Å². The van der Waals surface area contributed by atoms with Crippen LogP contribution in [0.3, 0.4) is 0 Å². The van der Waals surface area contributed by atoms with Crippen LogP contribution in [0.5, 0.6) is 0 Å². The Bertz CT molecular complexity index is 507. The Morgan fingerprint density at radius 3 is 2.80 bits per heavy atom. The third kappa shape index (κ3) is 2.39. The van der Waals surface area contributed by atoms with E-state index in [0.29, 0.717) is 17.4 Å². The Balaban J connectivity index is 2.46. The van der Waals surface area contributed by atoms with Gasteiger partial charge in [-0.25, -0.2) is 0 Å². The lowest BCUT2D eigenvalue weighted by molar-refractivity contribution is -0.197. The lowest BCUT2D eigenvalue weighted by Gasteiger charge is -2.29. The van der Waals surface area contributed by atoms with Crippen LogP contribution in [0.25, 0.3) is 0 Å². The fourth-order valence-corrected chi connectivity index (χ4v) is 2.93. The molecule has 1 atom stereocenters. The van der Waals surface area contributed by atoms with Crippen molar-refractivity contribution < 1.29 is 18.0 Å². The molecule has 1 aromatic rings. The SMILES string of the molecule is CCCn1ncc(Br)c1C(=O)C1(C(F)(F)F)CCNC1. The minimum absolute atomic E-state index is 0.00729. The zero-order valence-electron chi connectivity index (χ0n) is 10.9. The summed E-state index contributed by atoms with van der Waals surface area (Å²) in [4.78, 5) is 12.5. The van der Waals surface area contributed by atoms with Gasteiger partial charge in [0.05, 0.1) is 10.7 Å². The summed E-state index contributed by atoms with van der Waals surface area (Å²) in [6, 6.07) is 0. The van der Waals surface area contributed by atoms with Gasteiger partial charge in [-0.3, -0.25) is 9.48 Å². The van der Waals surface area contributed by atoms with Crippen LogP contribution in [0.2, 0.25) is 0 Å². The van der Waals surface area contributed by atoms with Crippen molar-refractivity contribution in [2.24, 2.45) is 5.41 Å². The number of aromatic nitrogens is 2. The Morgan fingerprint density at radius 2 is 2.30 bits per heavy atom. The van der Waals surface area contributed by atoms with Gasteiger partial charge in [0.15, 0.2) is 5.78 Å². The summed E-state index contributed by atoms with van der Waals surface area (Å²) in [5, 5.41) is 6.62. The van der Waals surface area contributed by atoms with Gasteiger partial charge in [0.2, 0.25) is 0 Å². The van der Waals surface area contributed by atoms with Gasteiger partial charge in [0.1, 0.15) is 11.1 Å². The molecule has 1 aliphatic rings. The van der Waals surface area contributed by atoms with Crippen molar-refractivity contribution in [3.05, 3.63) is 16.4 Å². The number of rotatable bonds is 4. The zero-order chi connectivity index (χ0) is 15.0. The first-order valence-electron chi connectivity index (χ1n) is 6.37. The number of halogens is 4. The van der Waals surface area contributed by atoms with Gasteiger partial charge in [-0.05, 0) is 35.3 Å². The summed E-state index contributed by atoms with van der Waals surface area (Å²) in [7, 11) is 0. The topological polar surface area (TPSA) is 46.9 Å². The second-order valence-electron chi connectivity index (χ2n) is 4.90. The average Bonchev–Trinajstić information content (AvgIpc) is 2.96. The first-order valence-corrected chi connectivity index (χ1v) is 7.16. The Kier molecular flexibility index (Phi) is 4.24. The van der Waals surface area contributed by atoms with Crippen molar-refractivity contribution in [3.63, 3.8) is 0 Å². The Morgan fingerprint density at radius 1 is 1.60 bits per heavy atom. The highest BCUT2D eigenvalue weighted by Crippen LogP contribution is 2.46. The fourth-order valence-electron chi connectivity index (χ4n) is 2.45. The van der Waals surface area contributed by atoms with Crippen LogP contribution in [0.4, 0.5) is 13.2 Å². The van der Waals surface area contributed by atoms with Crippen molar-refractivity contribution in [3.8, 4) is 0 Å². The maximum absolute atomic E-state index is 13.4. The number of carbonyl (C=O) groups is 1. The normalized spacial score (nSPS) is 23.2. The minimum Gasteiger partial charge on any atom is -0.315 e. The number of ketones is 1. The molecule has 4 nitrogen and oxygen atoms in total. The molecule has 2 rings (SSSR count). The predicted octanol–water partition coefficient (Wildman–Crippen LogP) is 2.78. The number of aryl methyl sites for hydroxylation is 1. The van der Waals surface area contributed by atoms with Gasteiger partial charge in [0, 0.05) is 13.1 Å². The van der Waals surface area contributed by atoms with Crippen molar-refractivity contribution in [1.29, 1.82) is 0 Å². The van der Waals surface area contributed by atoms with Crippen LogP contribution >= 0.6 is 15.9 Å². The molecule has 1 unspecified atom stereocenters. The molecule has 0 radical (unpaired) electrons. The molecule has 0 aliphatic carbocycles. The number of hydrogen-bond donors (Lipinski definition) is 1. The number of carbonyl (C=O) groups excluding carboxylic acids is 1. The van der Waals surface area contributed by atoms with Crippen LogP contribution in [0.15, 0.2) is 10.7 Å². The molecule has 0 bridgehead atoms. The molecule has 20 heavy (non-hydrogen) atoms. The molecule has 0 spiro atoms. The molecule has 1 aromatic heterocycles. The molecule has 1 fully saturated rings. The van der Waals surface area contributed by atoms with Crippen molar-refractivity contribution in [2.75, 3.05) is 13.1 Å². The molecule has 1 saturated heterocycles. The van der Waals surface area contributed by atoms with Crippen molar-refractivity contribution >= 4 is 21.7 Å². The van der Waals surface area contributed by atoms with Crippen LogP contribution in [0, 0.1) is 5.41 Å². The summed E-state index contributed by atoms with van der Waals surface area (Å²) in [5.74, 6) is -0.909. The highest BCUT2D eigenvalue weighted by atomic mass is 79.9. The van der Waals surface area contributed by atoms with E-state index in [4.69, 9.17) is 0 Å². The van der Waals surface area contributed by atoms with E-state index in [1.165, 1.54) is 10.9 Å². The number of nitrogens with zero attached hydrogens (tertiary/aromatic N) is 2. The summed E-state index contributed by atoms with van der Waals surface area (Å²) in [6.07, 6.45) is -2.76. The average molecular weight is 354 g/mol. The van der Waals surface area contributed by atoms with Crippen molar-refractivity contribution in [1.82, 2.24) is 15.1 Å². The van der Waals surface area contributed by atoms with E-state index in [0.717, 1.165) is 0 Å². The maximum atomic E-state index is 13.4. The van der Waals surface area contributed by atoms with E-state index in [-0.39, 0.29) is 25.2 Å². The van der Waals surface area contributed by atoms with Crippen LogP contribution in [-0.4, -0.2) is 34.8 Å². The lowest BCUT2D eigenvalue weighted by atomic mass is 9.80. The van der Waals surface area contributed by atoms with Crippen LogP contribution < -0.4 is 5.32 Å². The summed E-state index contributed by atoms with van der Waals surface area (Å²) in [6.45, 7) is 2.10. The molecule has 1 aliphatic heterocycles. The Hall–Kier alpha value is -0.890. The number of hydrogen-bond acceptors (Lipinski definition) is 3. The number of alkyl halides is 3. The monoisotopic (exact) mass is 353 g/mol. The van der Waals surface area contributed by atoms with Gasteiger partial charge < -0.3 is 5.32 Å². The number of nitrogens with one attached hydrogen (secondary N) is 1. The smallest absolute Gasteiger partial charge is 0.315 e. The highest BCUT2D eigenvalue weighted by Gasteiger charge is 2.62. The second-order valence-corrected chi connectivity index (χ2v) is 5.75. The fraction of sp³-hybridized carbons (Fsp3) is 0.667. The first-order chi connectivity index (χ1) is 9.33. The highest BCUT2D eigenvalue weighted by molar-refractivity contribution is 9.10. The van der Waals surface area contributed by atoms with Gasteiger partial charge >= 0.3 is 6.18 Å². The summed E-state index contributed by atoms with van der Waals surface area (Å²) in [5.41, 5.74) is -2.34. The van der Waals surface area contributed by atoms with Gasteiger partial charge in [-0.15, -0.1) is 0 Å². The van der Waals surface area contributed by atoms with Gasteiger partial charge in [-0.1, -0.05) is 6.92 Å². The van der Waals surface area contributed by atoms with E-state index < -0.39 is 17.4 Å². The lowest BCUT2D eigenvalue weighted by Crippen LogP contribution is -2.47. The van der Waals surface area contributed by atoms with E-state index >= 15 is 0 Å². The predicted molar refractivity (Wildman–Crippen MR) is 70.5 cm³/mol. The maximum Gasteiger partial charge on any atom is 0.403 e. The Labute approximate surface area is 122 Å². The zero-order valence-corrected chi connectivity index (χ0v) is 12.5. The molecule has 2 heterocycles.